The van der Waals surface area contributed by atoms with Crippen molar-refractivity contribution < 1.29 is 14.3 Å². The topological polar surface area (TPSA) is 43.7 Å². The van der Waals surface area contributed by atoms with Crippen molar-refractivity contribution in [3.8, 4) is 11.5 Å². The Morgan fingerprint density at radius 2 is 1.87 bits per heavy atom. The van der Waals surface area contributed by atoms with E-state index in [1.165, 1.54) is 11.1 Å². The molecule has 2 aromatic carbocycles. The van der Waals surface area contributed by atoms with Gasteiger partial charge in [-0.3, -0.25) is 4.79 Å². The number of aromatic nitrogens is 1. The highest BCUT2D eigenvalue weighted by Gasteiger charge is 2.26. The molecule has 0 saturated carbocycles. The number of benzene rings is 2. The molecule has 0 radical (unpaired) electrons. The largest absolute Gasteiger partial charge is 0.454 e. The molecule has 31 heavy (non-hydrogen) atoms. The Balaban J connectivity index is 1.37. The minimum Gasteiger partial charge on any atom is -0.454 e. The van der Waals surface area contributed by atoms with Gasteiger partial charge in [0, 0.05) is 19.6 Å². The van der Waals surface area contributed by atoms with Crippen LogP contribution in [0.15, 0.2) is 58.4 Å². The Morgan fingerprint density at radius 1 is 1.03 bits per heavy atom. The molecular weight excluding hydrogens is 476 g/mol. The highest BCUT2D eigenvalue weighted by molar-refractivity contribution is 9.11. The molecule has 5 nitrogen and oxygen atoms in total. The summed E-state index contributed by atoms with van der Waals surface area (Å²) >= 11 is 5.24. The summed E-state index contributed by atoms with van der Waals surface area (Å²) in [5.41, 5.74) is 5.44. The van der Waals surface area contributed by atoms with Crippen molar-refractivity contribution in [3.63, 3.8) is 0 Å². The van der Waals surface area contributed by atoms with Crippen LogP contribution in [-0.4, -0.2) is 28.7 Å². The number of carbonyl (C=O) groups is 1. The number of halogens is 1. The van der Waals surface area contributed by atoms with E-state index in [1.807, 2.05) is 35.2 Å². The van der Waals surface area contributed by atoms with Crippen LogP contribution in [0.1, 0.15) is 27.2 Å². The molecule has 2 aliphatic heterocycles. The van der Waals surface area contributed by atoms with Crippen molar-refractivity contribution in [1.82, 2.24) is 9.47 Å². The molecule has 4 aromatic rings. The fourth-order valence-corrected chi connectivity index (χ4v) is 5.98. The molecule has 7 heteroatoms. The van der Waals surface area contributed by atoms with Crippen LogP contribution < -0.4 is 9.47 Å². The van der Waals surface area contributed by atoms with E-state index in [0.717, 1.165) is 49.7 Å². The molecule has 0 bridgehead atoms. The quantitative estimate of drug-likeness (QED) is 0.380. The second-order valence-electron chi connectivity index (χ2n) is 7.85. The molecule has 0 unspecified atom stereocenters. The molecule has 0 N–H and O–H groups in total. The Morgan fingerprint density at radius 3 is 2.77 bits per heavy atom. The smallest absolute Gasteiger partial charge is 0.270 e. The third-order valence-electron chi connectivity index (χ3n) is 5.97. The van der Waals surface area contributed by atoms with Crippen LogP contribution in [-0.2, 0) is 19.5 Å². The third kappa shape index (κ3) is 3.32. The maximum absolute atomic E-state index is 13.6. The van der Waals surface area contributed by atoms with Crippen LogP contribution in [0.3, 0.4) is 0 Å². The first-order valence-electron chi connectivity index (χ1n) is 10.2. The van der Waals surface area contributed by atoms with Crippen LogP contribution in [0.4, 0.5) is 0 Å². The summed E-state index contributed by atoms with van der Waals surface area (Å²) in [5.74, 6) is 1.60. The molecule has 1 amide bonds. The number of hydrogen-bond acceptors (Lipinski definition) is 4. The number of hydrogen-bond donors (Lipinski definition) is 0. The molecule has 0 saturated heterocycles. The molecule has 2 aromatic heterocycles. The van der Waals surface area contributed by atoms with E-state index in [-0.39, 0.29) is 12.7 Å². The summed E-state index contributed by atoms with van der Waals surface area (Å²) in [6.07, 6.45) is 0.894. The first-order valence-corrected chi connectivity index (χ1v) is 11.8. The molecule has 0 atom stereocenters. The summed E-state index contributed by atoms with van der Waals surface area (Å²) in [5, 5.41) is 0. The predicted octanol–water partition coefficient (Wildman–Crippen LogP) is 5.44. The van der Waals surface area contributed by atoms with Gasteiger partial charge in [-0.2, -0.15) is 0 Å². The van der Waals surface area contributed by atoms with Gasteiger partial charge >= 0.3 is 0 Å². The van der Waals surface area contributed by atoms with Crippen molar-refractivity contribution in [3.05, 3.63) is 80.8 Å². The number of amides is 1. The lowest BCUT2D eigenvalue weighted by Gasteiger charge is -2.29. The average molecular weight is 495 g/mol. The second-order valence-corrected chi connectivity index (χ2v) is 10.3. The standard InChI is InChI=1S/C24H19BrN2O3S/c25-23-11-18-22(31-23)10-19(24(28)26-8-7-16-3-1-2-4-17(16)13-26)27(18)12-15-5-6-20-21(9-15)30-14-29-20/h1-6,9-11H,7-8,12-14H2. The van der Waals surface area contributed by atoms with Crippen LogP contribution >= 0.6 is 27.3 Å². The van der Waals surface area contributed by atoms with E-state index in [2.05, 4.69) is 44.8 Å². The van der Waals surface area contributed by atoms with Gasteiger partial charge in [-0.15, -0.1) is 11.3 Å². The predicted molar refractivity (Wildman–Crippen MR) is 124 cm³/mol. The molecule has 0 spiro atoms. The fraction of sp³-hybridized carbons (Fsp3) is 0.208. The van der Waals surface area contributed by atoms with Gasteiger partial charge in [0.25, 0.3) is 5.91 Å². The van der Waals surface area contributed by atoms with Gasteiger partial charge < -0.3 is 18.9 Å². The third-order valence-corrected chi connectivity index (χ3v) is 7.55. The molecule has 2 aliphatic rings. The number of fused-ring (bicyclic) bond motifs is 3. The number of carbonyl (C=O) groups excluding carboxylic acids is 1. The zero-order valence-electron chi connectivity index (χ0n) is 16.6. The van der Waals surface area contributed by atoms with Gasteiger partial charge in [0.2, 0.25) is 6.79 Å². The highest BCUT2D eigenvalue weighted by Crippen LogP contribution is 2.36. The van der Waals surface area contributed by atoms with Gasteiger partial charge in [0.15, 0.2) is 11.5 Å². The van der Waals surface area contributed by atoms with Gasteiger partial charge in [0.05, 0.1) is 14.0 Å². The SMILES string of the molecule is O=C(c1cc2sc(Br)cc2n1Cc1ccc2c(c1)OCO2)N1CCc2ccccc2C1. The number of ether oxygens (including phenoxy) is 2. The Labute approximate surface area is 191 Å². The van der Waals surface area contributed by atoms with Crippen molar-refractivity contribution in [2.45, 2.75) is 19.5 Å². The van der Waals surface area contributed by atoms with E-state index in [1.54, 1.807) is 11.3 Å². The van der Waals surface area contributed by atoms with E-state index in [0.29, 0.717) is 13.1 Å². The summed E-state index contributed by atoms with van der Waals surface area (Å²) in [6, 6.07) is 18.5. The van der Waals surface area contributed by atoms with Crippen molar-refractivity contribution >= 4 is 43.4 Å². The molecule has 6 rings (SSSR count). The van der Waals surface area contributed by atoms with E-state index in [9.17, 15) is 4.79 Å². The highest BCUT2D eigenvalue weighted by atomic mass is 79.9. The second kappa shape index (κ2) is 7.43. The van der Waals surface area contributed by atoms with E-state index < -0.39 is 0 Å². The first-order chi connectivity index (χ1) is 15.2. The number of rotatable bonds is 3. The van der Waals surface area contributed by atoms with Crippen LogP contribution in [0.2, 0.25) is 0 Å². The maximum Gasteiger partial charge on any atom is 0.270 e. The zero-order valence-corrected chi connectivity index (χ0v) is 19.0. The lowest BCUT2D eigenvalue weighted by atomic mass is 10.00. The molecule has 0 aliphatic carbocycles. The fourth-order valence-electron chi connectivity index (χ4n) is 4.41. The molecule has 4 heterocycles. The van der Waals surface area contributed by atoms with Crippen molar-refractivity contribution in [2.75, 3.05) is 13.3 Å². The molecule has 0 fully saturated rings. The maximum atomic E-state index is 13.6. The zero-order chi connectivity index (χ0) is 20.9. The van der Waals surface area contributed by atoms with E-state index in [4.69, 9.17) is 9.47 Å². The first kappa shape index (κ1) is 19.0. The molecule has 156 valence electrons. The van der Waals surface area contributed by atoms with Crippen LogP contribution in [0, 0.1) is 0 Å². The Hall–Kier alpha value is -2.77. The van der Waals surface area contributed by atoms with Gasteiger partial charge in [-0.25, -0.2) is 0 Å². The van der Waals surface area contributed by atoms with E-state index >= 15 is 0 Å². The average Bonchev–Trinajstić information content (AvgIpc) is 3.48. The van der Waals surface area contributed by atoms with Crippen molar-refractivity contribution in [1.29, 1.82) is 0 Å². The minimum absolute atomic E-state index is 0.0785. The summed E-state index contributed by atoms with van der Waals surface area (Å²) < 4.78 is 15.3. The summed E-state index contributed by atoms with van der Waals surface area (Å²) in [4.78, 5) is 15.6. The van der Waals surface area contributed by atoms with Gasteiger partial charge in [-0.1, -0.05) is 30.3 Å². The monoisotopic (exact) mass is 494 g/mol. The lowest BCUT2D eigenvalue weighted by molar-refractivity contribution is 0.0724. The van der Waals surface area contributed by atoms with Gasteiger partial charge in [0.1, 0.15) is 5.69 Å². The van der Waals surface area contributed by atoms with Crippen LogP contribution in [0.5, 0.6) is 11.5 Å². The normalized spacial score (nSPS) is 14.8. The van der Waals surface area contributed by atoms with Crippen LogP contribution in [0.25, 0.3) is 10.2 Å². The summed E-state index contributed by atoms with van der Waals surface area (Å²) in [6.45, 7) is 2.24. The van der Waals surface area contributed by atoms with Crippen molar-refractivity contribution in [2.24, 2.45) is 0 Å². The van der Waals surface area contributed by atoms with Gasteiger partial charge in [-0.05, 0) is 63.3 Å². The Bertz CT molecular complexity index is 1330. The lowest BCUT2D eigenvalue weighted by Crippen LogP contribution is -2.37. The Kier molecular flexibility index (Phi) is 4.54. The number of thiophene rings is 1. The summed E-state index contributed by atoms with van der Waals surface area (Å²) in [7, 11) is 0. The minimum atomic E-state index is 0.0785. The number of nitrogens with zero attached hydrogens (tertiary/aromatic N) is 2. The molecular formula is C24H19BrN2O3S.